The van der Waals surface area contributed by atoms with E-state index in [9.17, 15) is 4.79 Å². The second-order valence-corrected chi connectivity index (χ2v) is 3.87. The molecule has 0 atom stereocenters. The fourth-order valence-corrected chi connectivity index (χ4v) is 1.08. The molecule has 0 saturated carbocycles. The van der Waals surface area contributed by atoms with E-state index in [1.807, 2.05) is 0 Å². The summed E-state index contributed by atoms with van der Waals surface area (Å²) in [6.45, 7) is 3.40. The van der Waals surface area contributed by atoms with Crippen LogP contribution in [0.4, 0.5) is 5.69 Å². The zero-order valence-electron chi connectivity index (χ0n) is 8.04. The van der Waals surface area contributed by atoms with E-state index in [2.05, 4.69) is 10.3 Å². The first-order chi connectivity index (χ1) is 6.42. The number of nitrogens with two attached hydrogens (primary N) is 1. The number of hydrogen-bond acceptors (Lipinski definition) is 3. The second kappa shape index (κ2) is 3.84. The number of carbonyl (C=O) groups is 1. The maximum atomic E-state index is 11.0. The lowest BCUT2D eigenvalue weighted by Gasteiger charge is -2.23. The average molecular weight is 214 g/mol. The Balaban J connectivity index is 2.83. The largest absolute Gasteiger partial charge is 0.372 e. The van der Waals surface area contributed by atoms with Gasteiger partial charge in [0.25, 0.3) is 0 Å². The van der Waals surface area contributed by atoms with Crippen LogP contribution in [0, 0.1) is 0 Å². The van der Waals surface area contributed by atoms with Crippen LogP contribution in [0.1, 0.15) is 13.8 Å². The van der Waals surface area contributed by atoms with Crippen molar-refractivity contribution >= 4 is 23.2 Å². The van der Waals surface area contributed by atoms with Gasteiger partial charge < -0.3 is 11.1 Å². The number of nitrogens with zero attached hydrogens (tertiary/aromatic N) is 1. The number of primary amides is 1. The van der Waals surface area contributed by atoms with Crippen molar-refractivity contribution < 1.29 is 4.79 Å². The summed E-state index contributed by atoms with van der Waals surface area (Å²) in [5.74, 6) is -0.426. The van der Waals surface area contributed by atoms with Gasteiger partial charge in [-0.1, -0.05) is 11.6 Å². The Hall–Kier alpha value is -1.29. The van der Waals surface area contributed by atoms with Crippen LogP contribution in [0.3, 0.4) is 0 Å². The summed E-state index contributed by atoms with van der Waals surface area (Å²) < 4.78 is 0. The molecule has 0 fully saturated rings. The summed E-state index contributed by atoms with van der Waals surface area (Å²) in [6, 6.07) is 3.35. The van der Waals surface area contributed by atoms with Crippen molar-refractivity contribution in [1.82, 2.24) is 4.98 Å². The van der Waals surface area contributed by atoms with Gasteiger partial charge in [-0.15, -0.1) is 0 Å². The molecule has 0 bridgehead atoms. The molecule has 0 saturated heterocycles. The predicted octanol–water partition coefficient (Wildman–Crippen LogP) is 1.41. The molecule has 0 aliphatic carbocycles. The van der Waals surface area contributed by atoms with Crippen molar-refractivity contribution in [3.8, 4) is 0 Å². The van der Waals surface area contributed by atoms with Crippen LogP contribution < -0.4 is 11.1 Å². The van der Waals surface area contributed by atoms with Gasteiger partial charge in [-0.25, -0.2) is 4.98 Å². The number of anilines is 1. The number of aromatic nitrogens is 1. The molecule has 14 heavy (non-hydrogen) atoms. The Morgan fingerprint density at radius 1 is 1.64 bits per heavy atom. The van der Waals surface area contributed by atoms with E-state index < -0.39 is 11.4 Å². The maximum Gasteiger partial charge on any atom is 0.242 e. The van der Waals surface area contributed by atoms with Crippen LogP contribution in [0.2, 0.25) is 5.15 Å². The Kier molecular flexibility index (Phi) is 2.96. The average Bonchev–Trinajstić information content (AvgIpc) is 2.02. The monoisotopic (exact) mass is 213 g/mol. The topological polar surface area (TPSA) is 68.0 Å². The minimum Gasteiger partial charge on any atom is -0.372 e. The first-order valence-corrected chi connectivity index (χ1v) is 4.49. The molecule has 0 spiro atoms. The van der Waals surface area contributed by atoms with E-state index in [4.69, 9.17) is 17.3 Å². The zero-order valence-corrected chi connectivity index (χ0v) is 8.80. The van der Waals surface area contributed by atoms with E-state index in [0.29, 0.717) is 10.8 Å². The molecule has 1 amide bonds. The minimum absolute atomic E-state index is 0.371. The molecular weight excluding hydrogens is 202 g/mol. The lowest BCUT2D eigenvalue weighted by atomic mass is 10.1. The van der Waals surface area contributed by atoms with Gasteiger partial charge in [-0.3, -0.25) is 4.79 Å². The van der Waals surface area contributed by atoms with Crippen LogP contribution in [0.15, 0.2) is 18.3 Å². The molecule has 76 valence electrons. The van der Waals surface area contributed by atoms with Gasteiger partial charge in [0.05, 0.1) is 0 Å². The summed E-state index contributed by atoms with van der Waals surface area (Å²) in [5, 5.41) is 3.33. The first kappa shape index (κ1) is 10.8. The van der Waals surface area contributed by atoms with Crippen LogP contribution >= 0.6 is 11.6 Å². The molecule has 0 aromatic carbocycles. The summed E-state index contributed by atoms with van der Waals surface area (Å²) in [6.07, 6.45) is 1.56. The third-order valence-corrected chi connectivity index (χ3v) is 2.01. The number of carbonyl (C=O) groups excluding carboxylic acids is 1. The summed E-state index contributed by atoms with van der Waals surface area (Å²) >= 11 is 5.69. The molecule has 0 unspecified atom stereocenters. The van der Waals surface area contributed by atoms with Gasteiger partial charge in [-0.2, -0.15) is 0 Å². The number of rotatable bonds is 3. The molecule has 4 nitrogen and oxygen atoms in total. The van der Waals surface area contributed by atoms with Crippen molar-refractivity contribution in [3.63, 3.8) is 0 Å². The van der Waals surface area contributed by atoms with Gasteiger partial charge in [-0.05, 0) is 26.0 Å². The number of pyridine rings is 1. The number of amides is 1. The molecule has 3 N–H and O–H groups in total. The quantitative estimate of drug-likeness (QED) is 0.746. The molecule has 5 heteroatoms. The number of nitrogens with one attached hydrogen (secondary N) is 1. The van der Waals surface area contributed by atoms with Crippen molar-refractivity contribution in [2.75, 3.05) is 5.32 Å². The van der Waals surface area contributed by atoms with Gasteiger partial charge in [0, 0.05) is 11.9 Å². The number of hydrogen-bond donors (Lipinski definition) is 2. The van der Waals surface area contributed by atoms with Crippen LogP contribution in [0.5, 0.6) is 0 Å². The van der Waals surface area contributed by atoms with E-state index in [1.54, 1.807) is 32.2 Å². The van der Waals surface area contributed by atoms with Gasteiger partial charge in [0.15, 0.2) is 0 Å². The molecule has 0 radical (unpaired) electrons. The molecule has 1 heterocycles. The molecule has 1 aromatic rings. The Labute approximate surface area is 87.5 Å². The number of halogens is 1. The predicted molar refractivity (Wildman–Crippen MR) is 56.1 cm³/mol. The Morgan fingerprint density at radius 2 is 2.29 bits per heavy atom. The Morgan fingerprint density at radius 3 is 2.79 bits per heavy atom. The van der Waals surface area contributed by atoms with Crippen LogP contribution in [0.25, 0.3) is 0 Å². The lowest BCUT2D eigenvalue weighted by Crippen LogP contribution is -2.45. The van der Waals surface area contributed by atoms with Gasteiger partial charge in [0.1, 0.15) is 10.7 Å². The van der Waals surface area contributed by atoms with Crippen LogP contribution in [-0.2, 0) is 4.79 Å². The summed E-state index contributed by atoms with van der Waals surface area (Å²) in [5.41, 5.74) is 5.12. The molecule has 0 aliphatic rings. The molecule has 0 aliphatic heterocycles. The standard InChI is InChI=1S/C9H12ClN3O/c1-9(2,8(11)14)13-6-3-4-12-7(10)5-6/h3-5H,1-2H3,(H2,11,14)(H,12,13). The fraction of sp³-hybridized carbons (Fsp3) is 0.333. The van der Waals surface area contributed by atoms with Crippen molar-refractivity contribution in [1.29, 1.82) is 0 Å². The van der Waals surface area contributed by atoms with Crippen molar-refractivity contribution in [2.24, 2.45) is 5.73 Å². The Bertz CT molecular complexity index is 352. The highest BCUT2D eigenvalue weighted by Gasteiger charge is 2.24. The highest BCUT2D eigenvalue weighted by atomic mass is 35.5. The third-order valence-electron chi connectivity index (χ3n) is 1.80. The van der Waals surface area contributed by atoms with Crippen LogP contribution in [-0.4, -0.2) is 16.4 Å². The maximum absolute atomic E-state index is 11.0. The van der Waals surface area contributed by atoms with E-state index in [0.717, 1.165) is 0 Å². The molecular formula is C9H12ClN3O. The third kappa shape index (κ3) is 2.60. The summed E-state index contributed by atoms with van der Waals surface area (Å²) in [4.78, 5) is 14.8. The van der Waals surface area contributed by atoms with Gasteiger partial charge >= 0.3 is 0 Å². The minimum atomic E-state index is -0.801. The smallest absolute Gasteiger partial charge is 0.242 e. The second-order valence-electron chi connectivity index (χ2n) is 3.48. The normalized spacial score (nSPS) is 11.1. The highest BCUT2D eigenvalue weighted by molar-refractivity contribution is 6.29. The van der Waals surface area contributed by atoms with E-state index in [-0.39, 0.29) is 0 Å². The van der Waals surface area contributed by atoms with Gasteiger partial charge in [0.2, 0.25) is 5.91 Å². The lowest BCUT2D eigenvalue weighted by molar-refractivity contribution is -0.121. The van der Waals surface area contributed by atoms with Crippen molar-refractivity contribution in [3.05, 3.63) is 23.5 Å². The van der Waals surface area contributed by atoms with E-state index in [1.165, 1.54) is 0 Å². The van der Waals surface area contributed by atoms with E-state index >= 15 is 0 Å². The first-order valence-electron chi connectivity index (χ1n) is 4.11. The molecule has 1 aromatic heterocycles. The fourth-order valence-electron chi connectivity index (χ4n) is 0.903. The molecule has 1 rings (SSSR count). The SMILES string of the molecule is CC(C)(Nc1ccnc(Cl)c1)C(N)=O. The van der Waals surface area contributed by atoms with Crippen molar-refractivity contribution in [2.45, 2.75) is 19.4 Å². The summed E-state index contributed by atoms with van der Waals surface area (Å²) in [7, 11) is 0. The zero-order chi connectivity index (χ0) is 10.8. The highest BCUT2D eigenvalue weighted by Crippen LogP contribution is 2.16.